The summed E-state index contributed by atoms with van der Waals surface area (Å²) in [4.78, 5) is 10.2. The van der Waals surface area contributed by atoms with E-state index >= 15 is 0 Å². The van der Waals surface area contributed by atoms with Crippen molar-refractivity contribution in [1.29, 1.82) is 0 Å². The number of hydrogen-bond acceptors (Lipinski definition) is 2. The predicted molar refractivity (Wildman–Crippen MR) is 40.4 cm³/mol. The van der Waals surface area contributed by atoms with Crippen molar-refractivity contribution in [2.75, 3.05) is 6.61 Å². The Kier molecular flexibility index (Phi) is 36.5. The summed E-state index contributed by atoms with van der Waals surface area (Å²) in [6, 6.07) is 0. The van der Waals surface area contributed by atoms with Crippen LogP contribution < -0.4 is 0 Å². The Hall–Kier alpha value is 0.574. The molecule has 0 aromatic rings. The first kappa shape index (κ1) is 22.4. The monoisotopic (exact) mass is 223 g/mol. The SMILES string of the molecule is C.C.CCOC(=O)CC.[Y]. The summed E-state index contributed by atoms with van der Waals surface area (Å²) in [5.74, 6) is -0.123. The van der Waals surface area contributed by atoms with Crippen molar-refractivity contribution < 1.29 is 42.2 Å². The average molecular weight is 223 g/mol. The van der Waals surface area contributed by atoms with E-state index in [4.69, 9.17) is 0 Å². The Morgan fingerprint density at radius 1 is 1.30 bits per heavy atom. The fourth-order valence-corrected chi connectivity index (χ4v) is 0.263. The van der Waals surface area contributed by atoms with Crippen LogP contribution in [0.3, 0.4) is 0 Å². The van der Waals surface area contributed by atoms with E-state index in [1.54, 1.807) is 13.8 Å². The van der Waals surface area contributed by atoms with E-state index in [2.05, 4.69) is 4.74 Å². The number of esters is 1. The van der Waals surface area contributed by atoms with Gasteiger partial charge in [-0.2, -0.15) is 0 Å². The van der Waals surface area contributed by atoms with Crippen molar-refractivity contribution in [1.82, 2.24) is 0 Å². The second kappa shape index (κ2) is 16.3. The molecule has 1 radical (unpaired) electrons. The maximum absolute atomic E-state index is 10.2. The first-order valence-corrected chi connectivity index (χ1v) is 2.46. The molecule has 10 heavy (non-hydrogen) atoms. The Morgan fingerprint density at radius 2 is 1.70 bits per heavy atom. The summed E-state index contributed by atoms with van der Waals surface area (Å²) in [5, 5.41) is 0. The average Bonchev–Trinajstić information content (AvgIpc) is 1.68. The van der Waals surface area contributed by atoms with Gasteiger partial charge in [0.2, 0.25) is 0 Å². The van der Waals surface area contributed by atoms with Gasteiger partial charge in [0, 0.05) is 39.1 Å². The molecule has 0 N–H and O–H groups in total. The van der Waals surface area contributed by atoms with Crippen molar-refractivity contribution >= 4 is 5.97 Å². The van der Waals surface area contributed by atoms with Crippen LogP contribution in [-0.2, 0) is 42.2 Å². The van der Waals surface area contributed by atoms with Gasteiger partial charge in [-0.05, 0) is 6.92 Å². The van der Waals surface area contributed by atoms with Crippen molar-refractivity contribution in [2.45, 2.75) is 35.1 Å². The molecule has 0 saturated heterocycles. The van der Waals surface area contributed by atoms with Crippen LogP contribution in [0.1, 0.15) is 35.1 Å². The minimum atomic E-state index is -0.123. The number of rotatable bonds is 2. The van der Waals surface area contributed by atoms with Crippen LogP contribution in [0.25, 0.3) is 0 Å². The quantitative estimate of drug-likeness (QED) is 0.671. The fraction of sp³-hybridized carbons (Fsp3) is 0.857. The minimum absolute atomic E-state index is 0. The first-order valence-electron chi connectivity index (χ1n) is 2.46. The van der Waals surface area contributed by atoms with Gasteiger partial charge in [-0.25, -0.2) is 0 Å². The Balaban J connectivity index is -0.0000000600. The van der Waals surface area contributed by atoms with Crippen molar-refractivity contribution in [2.24, 2.45) is 0 Å². The van der Waals surface area contributed by atoms with Gasteiger partial charge in [0.1, 0.15) is 0 Å². The summed E-state index contributed by atoms with van der Waals surface area (Å²) < 4.78 is 4.55. The van der Waals surface area contributed by atoms with Crippen LogP contribution in [0.4, 0.5) is 0 Å². The molecule has 0 bridgehead atoms. The van der Waals surface area contributed by atoms with Gasteiger partial charge in [0.05, 0.1) is 6.61 Å². The molecule has 0 aliphatic heterocycles. The second-order valence-corrected chi connectivity index (χ2v) is 1.16. The predicted octanol–water partition coefficient (Wildman–Crippen LogP) is 2.23. The molecule has 0 heterocycles. The van der Waals surface area contributed by atoms with E-state index in [-0.39, 0.29) is 53.5 Å². The molecule has 61 valence electrons. The van der Waals surface area contributed by atoms with E-state index in [1.807, 2.05) is 0 Å². The van der Waals surface area contributed by atoms with Gasteiger partial charge in [-0.3, -0.25) is 4.79 Å². The smallest absolute Gasteiger partial charge is 0.305 e. The second-order valence-electron chi connectivity index (χ2n) is 1.16. The van der Waals surface area contributed by atoms with E-state index in [9.17, 15) is 4.79 Å². The normalized spacial score (nSPS) is 5.80. The number of carbonyl (C=O) groups excluding carboxylic acids is 1. The maximum atomic E-state index is 10.2. The standard InChI is InChI=1S/C5H10O2.2CH4.Y/c1-3-5(6)7-4-2;;;/h3-4H2,1-2H3;2*1H4;. The molecule has 0 rings (SSSR count). The first-order chi connectivity index (χ1) is 3.31. The molecule has 0 amide bonds. The molecule has 0 aliphatic carbocycles. The summed E-state index contributed by atoms with van der Waals surface area (Å²) in [7, 11) is 0. The molecular weight excluding hydrogens is 205 g/mol. The van der Waals surface area contributed by atoms with Crippen LogP contribution >= 0.6 is 0 Å². The summed E-state index contributed by atoms with van der Waals surface area (Å²) in [6.07, 6.45) is 0.480. The van der Waals surface area contributed by atoms with E-state index in [1.165, 1.54) is 0 Å². The zero-order chi connectivity index (χ0) is 5.70. The van der Waals surface area contributed by atoms with Crippen LogP contribution in [0, 0.1) is 0 Å². The Labute approximate surface area is 89.6 Å². The van der Waals surface area contributed by atoms with E-state index in [0.29, 0.717) is 13.0 Å². The fourth-order valence-electron chi connectivity index (χ4n) is 0.263. The van der Waals surface area contributed by atoms with Gasteiger partial charge in [-0.1, -0.05) is 21.8 Å². The van der Waals surface area contributed by atoms with Crippen molar-refractivity contribution in [3.63, 3.8) is 0 Å². The maximum Gasteiger partial charge on any atom is 0.305 e. The number of carbonyl (C=O) groups is 1. The largest absolute Gasteiger partial charge is 0.466 e. The summed E-state index contributed by atoms with van der Waals surface area (Å²) in [5.41, 5.74) is 0. The van der Waals surface area contributed by atoms with Gasteiger partial charge in [0.15, 0.2) is 0 Å². The van der Waals surface area contributed by atoms with Crippen LogP contribution in [0.15, 0.2) is 0 Å². The summed E-state index contributed by atoms with van der Waals surface area (Å²) in [6.45, 7) is 4.07. The third kappa shape index (κ3) is 15.8. The molecule has 0 unspecified atom stereocenters. The molecule has 0 aromatic heterocycles. The van der Waals surface area contributed by atoms with Gasteiger partial charge >= 0.3 is 5.97 Å². The van der Waals surface area contributed by atoms with Gasteiger partial charge < -0.3 is 4.74 Å². The molecule has 0 saturated carbocycles. The third-order valence-corrected chi connectivity index (χ3v) is 0.594. The molecule has 0 fully saturated rings. The molecule has 0 atom stereocenters. The minimum Gasteiger partial charge on any atom is -0.466 e. The topological polar surface area (TPSA) is 26.3 Å². The van der Waals surface area contributed by atoms with E-state index < -0.39 is 0 Å². The number of ether oxygens (including phenoxy) is 1. The molecule has 0 aromatic carbocycles. The summed E-state index contributed by atoms with van der Waals surface area (Å²) >= 11 is 0. The number of hydrogen-bond donors (Lipinski definition) is 0. The van der Waals surface area contributed by atoms with Crippen LogP contribution in [0.5, 0.6) is 0 Å². The van der Waals surface area contributed by atoms with E-state index in [0.717, 1.165) is 0 Å². The Bertz CT molecular complexity index is 64.6. The third-order valence-electron chi connectivity index (χ3n) is 0.594. The van der Waals surface area contributed by atoms with Gasteiger partial charge in [-0.15, -0.1) is 0 Å². The zero-order valence-corrected chi connectivity index (χ0v) is 8.15. The molecule has 2 nitrogen and oxygen atoms in total. The van der Waals surface area contributed by atoms with Crippen molar-refractivity contribution in [3.8, 4) is 0 Å². The zero-order valence-electron chi connectivity index (χ0n) is 5.31. The Morgan fingerprint density at radius 3 is 1.80 bits per heavy atom. The molecule has 0 spiro atoms. The van der Waals surface area contributed by atoms with Crippen molar-refractivity contribution in [3.05, 3.63) is 0 Å². The van der Waals surface area contributed by atoms with Crippen LogP contribution in [-0.4, -0.2) is 12.6 Å². The molecule has 3 heteroatoms. The van der Waals surface area contributed by atoms with Crippen LogP contribution in [0.2, 0.25) is 0 Å². The molecular formula is C7H18O2Y. The van der Waals surface area contributed by atoms with Gasteiger partial charge in [0.25, 0.3) is 0 Å². The molecule has 0 aliphatic rings.